The molecule has 0 fully saturated rings. The van der Waals surface area contributed by atoms with E-state index in [4.69, 9.17) is 0 Å². The highest BCUT2D eigenvalue weighted by atomic mass is 79.9. The SMILES string of the molecule is CC(C)N(c1ccccc1)S(=O)(=O)c1ccccc1Br. The Kier molecular flexibility index (Phi) is 4.50. The number of hydrogen-bond donors (Lipinski definition) is 0. The summed E-state index contributed by atoms with van der Waals surface area (Å²) < 4.78 is 27.8. The van der Waals surface area contributed by atoms with Crippen LogP contribution in [-0.2, 0) is 10.0 Å². The van der Waals surface area contributed by atoms with Crippen LogP contribution in [-0.4, -0.2) is 14.5 Å². The van der Waals surface area contributed by atoms with Crippen molar-refractivity contribution < 1.29 is 8.42 Å². The molecule has 0 aliphatic carbocycles. The Balaban J connectivity index is 2.58. The molecule has 0 saturated carbocycles. The molecule has 0 radical (unpaired) electrons. The molecule has 0 aliphatic rings. The number of para-hydroxylation sites is 1. The van der Waals surface area contributed by atoms with Crippen LogP contribution in [0.15, 0.2) is 64.0 Å². The third kappa shape index (κ3) is 2.88. The van der Waals surface area contributed by atoms with Crippen LogP contribution in [0.2, 0.25) is 0 Å². The van der Waals surface area contributed by atoms with E-state index in [2.05, 4.69) is 15.9 Å². The highest BCUT2D eigenvalue weighted by Crippen LogP contribution is 2.29. The van der Waals surface area contributed by atoms with Crippen LogP contribution in [0.4, 0.5) is 5.69 Å². The second-order valence-corrected chi connectivity index (χ2v) is 7.30. The maximum Gasteiger partial charge on any atom is 0.265 e. The van der Waals surface area contributed by atoms with Gasteiger partial charge in [0.15, 0.2) is 0 Å². The average Bonchev–Trinajstić information content (AvgIpc) is 2.39. The van der Waals surface area contributed by atoms with Gasteiger partial charge in [-0.05, 0) is 54.0 Å². The lowest BCUT2D eigenvalue weighted by molar-refractivity contribution is 0.584. The predicted molar refractivity (Wildman–Crippen MR) is 85.4 cm³/mol. The Morgan fingerprint density at radius 3 is 2.05 bits per heavy atom. The van der Waals surface area contributed by atoms with Crippen LogP contribution in [0.5, 0.6) is 0 Å². The van der Waals surface area contributed by atoms with E-state index in [9.17, 15) is 8.42 Å². The first-order valence-corrected chi connectivity index (χ1v) is 8.52. The third-order valence-corrected chi connectivity index (χ3v) is 5.87. The molecule has 2 aromatic rings. The molecule has 0 spiro atoms. The quantitative estimate of drug-likeness (QED) is 0.831. The van der Waals surface area contributed by atoms with E-state index >= 15 is 0 Å². The van der Waals surface area contributed by atoms with Gasteiger partial charge in [0.05, 0.1) is 5.69 Å². The number of sulfonamides is 1. The summed E-state index contributed by atoms with van der Waals surface area (Å²) in [4.78, 5) is 0.276. The maximum atomic E-state index is 12.9. The summed E-state index contributed by atoms with van der Waals surface area (Å²) in [6.45, 7) is 3.72. The molecule has 0 N–H and O–H groups in total. The van der Waals surface area contributed by atoms with Gasteiger partial charge in [-0.15, -0.1) is 0 Å². The molecule has 5 heteroatoms. The Morgan fingerprint density at radius 1 is 0.950 bits per heavy atom. The summed E-state index contributed by atoms with van der Waals surface area (Å²) >= 11 is 3.32. The minimum absolute atomic E-state index is 0.172. The Morgan fingerprint density at radius 2 is 1.50 bits per heavy atom. The fourth-order valence-corrected chi connectivity index (χ4v) is 4.68. The molecular weight excluding hydrogens is 338 g/mol. The summed E-state index contributed by atoms with van der Waals surface area (Å²) in [5.41, 5.74) is 0.665. The zero-order valence-corrected chi connectivity index (χ0v) is 13.7. The van der Waals surface area contributed by atoms with E-state index in [-0.39, 0.29) is 10.9 Å². The van der Waals surface area contributed by atoms with Crippen molar-refractivity contribution in [3.63, 3.8) is 0 Å². The average molecular weight is 354 g/mol. The monoisotopic (exact) mass is 353 g/mol. The Labute approximate surface area is 128 Å². The molecule has 0 atom stereocenters. The minimum atomic E-state index is -3.60. The summed E-state index contributed by atoms with van der Waals surface area (Å²) in [5, 5.41) is 0. The summed E-state index contributed by atoms with van der Waals surface area (Å²) in [6.07, 6.45) is 0. The molecule has 3 nitrogen and oxygen atoms in total. The molecular formula is C15H16BrNO2S. The molecule has 106 valence electrons. The first-order chi connectivity index (χ1) is 9.44. The number of rotatable bonds is 4. The van der Waals surface area contributed by atoms with Crippen LogP contribution < -0.4 is 4.31 Å². The second kappa shape index (κ2) is 5.97. The number of nitrogens with zero attached hydrogens (tertiary/aromatic N) is 1. The van der Waals surface area contributed by atoms with E-state index < -0.39 is 10.0 Å². The van der Waals surface area contributed by atoms with Gasteiger partial charge in [0.1, 0.15) is 4.90 Å². The van der Waals surface area contributed by atoms with Gasteiger partial charge < -0.3 is 0 Å². The van der Waals surface area contributed by atoms with Crippen LogP contribution in [0.3, 0.4) is 0 Å². The Bertz CT molecular complexity index is 684. The predicted octanol–water partition coefficient (Wildman–Crippen LogP) is 4.05. The van der Waals surface area contributed by atoms with E-state index in [1.165, 1.54) is 4.31 Å². The normalized spacial score (nSPS) is 11.6. The van der Waals surface area contributed by atoms with Crippen LogP contribution in [0, 0.1) is 0 Å². The maximum absolute atomic E-state index is 12.9. The van der Waals surface area contributed by atoms with Crippen molar-refractivity contribution in [2.45, 2.75) is 24.8 Å². The first kappa shape index (κ1) is 15.1. The van der Waals surface area contributed by atoms with Gasteiger partial charge >= 0.3 is 0 Å². The topological polar surface area (TPSA) is 37.4 Å². The summed E-state index contributed by atoms with van der Waals surface area (Å²) in [7, 11) is -3.60. The molecule has 0 unspecified atom stereocenters. The number of benzene rings is 2. The number of halogens is 1. The second-order valence-electron chi connectivity index (χ2n) is 4.66. The van der Waals surface area contributed by atoms with Crippen molar-refractivity contribution in [2.75, 3.05) is 4.31 Å². The third-order valence-electron chi connectivity index (χ3n) is 2.85. The van der Waals surface area contributed by atoms with Gasteiger partial charge in [-0.25, -0.2) is 8.42 Å². The fourth-order valence-electron chi connectivity index (χ4n) is 2.05. The molecule has 0 aliphatic heterocycles. The molecule has 0 heterocycles. The van der Waals surface area contributed by atoms with Crippen molar-refractivity contribution in [3.05, 3.63) is 59.1 Å². The van der Waals surface area contributed by atoms with E-state index in [1.54, 1.807) is 36.4 Å². The summed E-state index contributed by atoms with van der Waals surface area (Å²) in [5.74, 6) is 0. The van der Waals surface area contributed by atoms with Gasteiger partial charge in [-0.2, -0.15) is 0 Å². The number of hydrogen-bond acceptors (Lipinski definition) is 2. The van der Waals surface area contributed by atoms with Crippen molar-refractivity contribution in [2.24, 2.45) is 0 Å². The van der Waals surface area contributed by atoms with Gasteiger partial charge in [0, 0.05) is 10.5 Å². The van der Waals surface area contributed by atoms with E-state index in [1.807, 2.05) is 32.0 Å². The highest BCUT2D eigenvalue weighted by Gasteiger charge is 2.28. The molecule has 0 amide bonds. The lowest BCUT2D eigenvalue weighted by Crippen LogP contribution is -2.37. The van der Waals surface area contributed by atoms with Crippen LogP contribution >= 0.6 is 15.9 Å². The Hall–Kier alpha value is -1.33. The fraction of sp³-hybridized carbons (Fsp3) is 0.200. The van der Waals surface area contributed by atoms with Crippen molar-refractivity contribution in [1.82, 2.24) is 0 Å². The lowest BCUT2D eigenvalue weighted by Gasteiger charge is -2.28. The van der Waals surface area contributed by atoms with Gasteiger partial charge in [-0.1, -0.05) is 30.3 Å². The van der Waals surface area contributed by atoms with Gasteiger partial charge in [-0.3, -0.25) is 4.31 Å². The smallest absolute Gasteiger partial charge is 0.264 e. The molecule has 0 saturated heterocycles. The van der Waals surface area contributed by atoms with E-state index in [0.29, 0.717) is 10.2 Å². The van der Waals surface area contributed by atoms with Crippen molar-refractivity contribution in [3.8, 4) is 0 Å². The molecule has 0 aromatic heterocycles. The van der Waals surface area contributed by atoms with Crippen molar-refractivity contribution >= 4 is 31.6 Å². The number of anilines is 1. The zero-order chi connectivity index (χ0) is 14.8. The van der Waals surface area contributed by atoms with Crippen molar-refractivity contribution in [1.29, 1.82) is 0 Å². The highest BCUT2D eigenvalue weighted by molar-refractivity contribution is 9.10. The standard InChI is InChI=1S/C15H16BrNO2S/c1-12(2)17(13-8-4-3-5-9-13)20(18,19)15-11-7-6-10-14(15)16/h3-12H,1-2H3. The van der Waals surface area contributed by atoms with E-state index in [0.717, 1.165) is 0 Å². The lowest BCUT2D eigenvalue weighted by atomic mass is 10.3. The molecule has 0 bridgehead atoms. The van der Waals surface area contributed by atoms with Gasteiger partial charge in [0.25, 0.3) is 10.0 Å². The molecule has 20 heavy (non-hydrogen) atoms. The zero-order valence-electron chi connectivity index (χ0n) is 11.3. The largest absolute Gasteiger partial charge is 0.265 e. The van der Waals surface area contributed by atoms with Crippen LogP contribution in [0.1, 0.15) is 13.8 Å². The molecule has 2 aromatic carbocycles. The molecule has 2 rings (SSSR count). The van der Waals surface area contributed by atoms with Crippen LogP contribution in [0.25, 0.3) is 0 Å². The summed E-state index contributed by atoms with van der Waals surface area (Å²) in [6, 6.07) is 15.8. The first-order valence-electron chi connectivity index (χ1n) is 6.28. The van der Waals surface area contributed by atoms with Gasteiger partial charge in [0.2, 0.25) is 0 Å². The minimum Gasteiger partial charge on any atom is -0.264 e.